The van der Waals surface area contributed by atoms with Gasteiger partial charge in [0.2, 0.25) is 11.8 Å². The van der Waals surface area contributed by atoms with Gasteiger partial charge >= 0.3 is 0 Å². The van der Waals surface area contributed by atoms with Crippen molar-refractivity contribution in [3.05, 3.63) is 42.5 Å². The van der Waals surface area contributed by atoms with Gasteiger partial charge in [0, 0.05) is 25.1 Å². The van der Waals surface area contributed by atoms with E-state index in [4.69, 9.17) is 0 Å². The molecule has 0 unspecified atom stereocenters. The van der Waals surface area contributed by atoms with Crippen LogP contribution in [0.25, 0.3) is 0 Å². The van der Waals surface area contributed by atoms with Crippen molar-refractivity contribution >= 4 is 28.4 Å². The zero-order valence-corrected chi connectivity index (χ0v) is 15.4. The molecule has 24 heavy (non-hydrogen) atoms. The van der Waals surface area contributed by atoms with Crippen LogP contribution < -0.4 is 5.32 Å². The summed E-state index contributed by atoms with van der Waals surface area (Å²) in [5, 5.41) is 2.72. The topological polar surface area (TPSA) is 49.4 Å². The van der Waals surface area contributed by atoms with E-state index < -0.39 is 0 Å². The lowest BCUT2D eigenvalue weighted by Gasteiger charge is -2.28. The highest BCUT2D eigenvalue weighted by molar-refractivity contribution is 7.98. The highest BCUT2D eigenvalue weighted by Crippen LogP contribution is 2.24. The monoisotopic (exact) mass is 347 g/mol. The highest BCUT2D eigenvalue weighted by atomic mass is 32.2. The number of benzene rings is 1. The van der Waals surface area contributed by atoms with Crippen molar-refractivity contribution in [2.75, 3.05) is 29.1 Å². The van der Waals surface area contributed by atoms with Crippen LogP contribution >= 0.6 is 0 Å². The largest absolute Gasteiger partial charge is 0.334 e. The van der Waals surface area contributed by atoms with Gasteiger partial charge < -0.3 is 10.2 Å². The van der Waals surface area contributed by atoms with Crippen molar-refractivity contribution in [2.45, 2.75) is 26.8 Å². The zero-order chi connectivity index (χ0) is 17.5. The molecule has 1 aromatic rings. The summed E-state index contributed by atoms with van der Waals surface area (Å²) < 4.78 is 0. The number of nitrogens with one attached hydrogen (secondary N) is 1. The molecule has 5 heteroatoms. The van der Waals surface area contributed by atoms with Crippen LogP contribution in [0.15, 0.2) is 36.9 Å². The molecule has 0 saturated carbocycles. The van der Waals surface area contributed by atoms with E-state index in [1.54, 1.807) is 6.92 Å². The molecule has 1 saturated heterocycles. The Morgan fingerprint density at radius 2 is 2.00 bits per heavy atom. The molecule has 1 aliphatic heterocycles. The average Bonchev–Trinajstić information content (AvgIpc) is 2.53. The lowest BCUT2D eigenvalue weighted by molar-refractivity contribution is -0.129. The standard InChI is InChI=1S/C19H26N2O2S/c1-4-16-13-24(14-16)11-10-21(15(3)22)12-17-6-8-18(9-7-17)20-19(23)5-2/h5-9,16H,2,4,10-14H2,1,3H3/p+1. The van der Waals surface area contributed by atoms with Crippen molar-refractivity contribution in [1.82, 2.24) is 4.90 Å². The van der Waals surface area contributed by atoms with Crippen LogP contribution in [0.1, 0.15) is 25.8 Å². The summed E-state index contributed by atoms with van der Waals surface area (Å²) in [6.45, 7) is 8.79. The predicted molar refractivity (Wildman–Crippen MR) is 102 cm³/mol. The minimum Gasteiger partial charge on any atom is -0.334 e. The van der Waals surface area contributed by atoms with Crippen LogP contribution in [-0.4, -0.2) is 40.5 Å². The molecule has 0 atom stereocenters. The number of carbonyl (C=O) groups excluding carboxylic acids is 2. The van der Waals surface area contributed by atoms with Crippen LogP contribution in [-0.2, 0) is 27.0 Å². The third-order valence-electron chi connectivity index (χ3n) is 4.40. The number of rotatable bonds is 8. The van der Waals surface area contributed by atoms with E-state index in [9.17, 15) is 9.59 Å². The van der Waals surface area contributed by atoms with Gasteiger partial charge in [-0.25, -0.2) is 0 Å². The Balaban J connectivity index is 1.84. The van der Waals surface area contributed by atoms with E-state index in [-0.39, 0.29) is 11.8 Å². The molecule has 0 aromatic heterocycles. The molecule has 0 bridgehead atoms. The predicted octanol–water partition coefficient (Wildman–Crippen LogP) is 2.82. The summed E-state index contributed by atoms with van der Waals surface area (Å²) in [6.07, 6.45) is 2.53. The summed E-state index contributed by atoms with van der Waals surface area (Å²) in [6, 6.07) is 7.62. The van der Waals surface area contributed by atoms with Gasteiger partial charge in [-0.15, -0.1) is 0 Å². The summed E-state index contributed by atoms with van der Waals surface area (Å²) in [4.78, 5) is 25.1. The van der Waals surface area contributed by atoms with E-state index >= 15 is 0 Å². The van der Waals surface area contributed by atoms with Gasteiger partial charge in [-0.2, -0.15) is 0 Å². The SMILES string of the molecule is C=CC(=O)Nc1ccc(CN(CC[S+]2CC(CC)C2)C(C)=O)cc1. The maximum absolute atomic E-state index is 11.9. The third kappa shape index (κ3) is 5.41. The maximum atomic E-state index is 11.9. The molecule has 1 aromatic carbocycles. The maximum Gasteiger partial charge on any atom is 0.247 e. The second-order valence-corrected chi connectivity index (χ2v) is 8.55. The Morgan fingerprint density at radius 1 is 1.33 bits per heavy atom. The first kappa shape index (κ1) is 18.6. The van der Waals surface area contributed by atoms with E-state index in [2.05, 4.69) is 18.8 Å². The molecule has 1 N–H and O–H groups in total. The summed E-state index contributed by atoms with van der Waals surface area (Å²) in [5.41, 5.74) is 1.81. The van der Waals surface area contributed by atoms with Gasteiger partial charge in [0.05, 0.1) is 6.54 Å². The number of hydrogen-bond acceptors (Lipinski definition) is 2. The zero-order valence-electron chi connectivity index (χ0n) is 14.6. The molecule has 2 rings (SSSR count). The molecule has 4 nitrogen and oxygen atoms in total. The molecule has 130 valence electrons. The smallest absolute Gasteiger partial charge is 0.247 e. The van der Waals surface area contributed by atoms with Crippen molar-refractivity contribution < 1.29 is 9.59 Å². The lowest BCUT2D eigenvalue weighted by Crippen LogP contribution is -2.42. The van der Waals surface area contributed by atoms with Crippen LogP contribution in [0.3, 0.4) is 0 Å². The van der Waals surface area contributed by atoms with E-state index in [1.165, 1.54) is 24.0 Å². The molecular weight excluding hydrogens is 320 g/mol. The van der Waals surface area contributed by atoms with E-state index in [0.29, 0.717) is 17.4 Å². The van der Waals surface area contributed by atoms with Crippen LogP contribution in [0.2, 0.25) is 0 Å². The number of anilines is 1. The number of nitrogens with zero attached hydrogens (tertiary/aromatic N) is 1. The fraction of sp³-hybridized carbons (Fsp3) is 0.474. The molecule has 1 heterocycles. The highest BCUT2D eigenvalue weighted by Gasteiger charge is 2.37. The van der Waals surface area contributed by atoms with Gasteiger partial charge in [-0.3, -0.25) is 9.59 Å². The first-order valence-electron chi connectivity index (χ1n) is 8.43. The van der Waals surface area contributed by atoms with Gasteiger partial charge in [0.1, 0.15) is 17.3 Å². The van der Waals surface area contributed by atoms with Crippen molar-refractivity contribution in [2.24, 2.45) is 5.92 Å². The number of carbonyl (C=O) groups is 2. The Kier molecular flexibility index (Phi) is 6.91. The Morgan fingerprint density at radius 3 is 2.54 bits per heavy atom. The van der Waals surface area contributed by atoms with Crippen molar-refractivity contribution in [1.29, 1.82) is 0 Å². The second-order valence-electron chi connectivity index (χ2n) is 6.25. The van der Waals surface area contributed by atoms with Gasteiger partial charge in [-0.1, -0.05) is 25.6 Å². The fourth-order valence-electron chi connectivity index (χ4n) is 2.71. The summed E-state index contributed by atoms with van der Waals surface area (Å²) in [5.74, 6) is 4.64. The van der Waals surface area contributed by atoms with Crippen molar-refractivity contribution in [3.63, 3.8) is 0 Å². The van der Waals surface area contributed by atoms with Crippen molar-refractivity contribution in [3.8, 4) is 0 Å². The Hall–Kier alpha value is -1.75. The quantitative estimate of drug-likeness (QED) is 0.581. The molecule has 2 amide bonds. The molecular formula is C19H27N2O2S+. The van der Waals surface area contributed by atoms with Gasteiger partial charge in [-0.05, 0) is 41.1 Å². The molecule has 0 radical (unpaired) electrons. The fourth-order valence-corrected chi connectivity index (χ4v) is 5.23. The third-order valence-corrected chi connectivity index (χ3v) is 7.04. The molecule has 0 aliphatic carbocycles. The summed E-state index contributed by atoms with van der Waals surface area (Å²) in [7, 11) is 0.516. The van der Waals surface area contributed by atoms with Crippen LogP contribution in [0, 0.1) is 5.92 Å². The minimum atomic E-state index is -0.222. The average molecular weight is 348 g/mol. The Bertz CT molecular complexity index is 580. The molecule has 1 aliphatic rings. The first-order valence-corrected chi connectivity index (χ1v) is 10.2. The Labute approximate surface area is 147 Å². The van der Waals surface area contributed by atoms with Gasteiger partial charge in [0.25, 0.3) is 0 Å². The van der Waals surface area contributed by atoms with Crippen LogP contribution in [0.5, 0.6) is 0 Å². The van der Waals surface area contributed by atoms with Gasteiger partial charge in [0.15, 0.2) is 0 Å². The first-order chi connectivity index (χ1) is 11.5. The molecule has 0 spiro atoms. The van der Waals surface area contributed by atoms with E-state index in [1.807, 2.05) is 29.2 Å². The lowest BCUT2D eigenvalue weighted by atomic mass is 10.1. The number of amides is 2. The second kappa shape index (κ2) is 8.92. The number of hydrogen-bond donors (Lipinski definition) is 1. The van der Waals surface area contributed by atoms with E-state index in [0.717, 1.165) is 29.5 Å². The minimum absolute atomic E-state index is 0.121. The molecule has 1 fully saturated rings. The normalized spacial score (nSPS) is 19.2. The van der Waals surface area contributed by atoms with Crippen LogP contribution in [0.4, 0.5) is 5.69 Å². The summed E-state index contributed by atoms with van der Waals surface area (Å²) >= 11 is 0.